The Balaban J connectivity index is 1.75. The molecule has 0 spiro atoms. The van der Waals surface area contributed by atoms with Crippen LogP contribution in [0.4, 0.5) is 5.95 Å². The van der Waals surface area contributed by atoms with E-state index in [0.29, 0.717) is 0 Å². The molecule has 0 saturated carbocycles. The summed E-state index contributed by atoms with van der Waals surface area (Å²) in [5, 5.41) is 3.28. The van der Waals surface area contributed by atoms with E-state index in [9.17, 15) is 0 Å². The lowest BCUT2D eigenvalue weighted by molar-refractivity contribution is 0.415. The molecular weight excluding hydrogens is 318 g/mol. The largest absolute Gasteiger partial charge is 0.497 e. The number of aromatic amines is 1. The van der Waals surface area contributed by atoms with Gasteiger partial charge in [0.15, 0.2) is 0 Å². The zero-order valence-corrected chi connectivity index (χ0v) is 12.6. The van der Waals surface area contributed by atoms with Gasteiger partial charge < -0.3 is 15.0 Å². The number of rotatable bonds is 4. The van der Waals surface area contributed by atoms with Crippen LogP contribution in [-0.4, -0.2) is 17.1 Å². The van der Waals surface area contributed by atoms with E-state index in [1.54, 1.807) is 7.11 Å². The van der Waals surface area contributed by atoms with Gasteiger partial charge in [0.25, 0.3) is 0 Å². The molecule has 2 N–H and O–H groups in total. The summed E-state index contributed by atoms with van der Waals surface area (Å²) < 4.78 is 6.28. The number of H-pyrrole nitrogens is 1. The Morgan fingerprint density at radius 3 is 2.75 bits per heavy atom. The molecule has 20 heavy (non-hydrogen) atoms. The van der Waals surface area contributed by atoms with Crippen molar-refractivity contribution in [3.63, 3.8) is 0 Å². The van der Waals surface area contributed by atoms with Gasteiger partial charge in [-0.3, -0.25) is 0 Å². The van der Waals surface area contributed by atoms with Crippen LogP contribution in [0.15, 0.2) is 46.9 Å². The summed E-state index contributed by atoms with van der Waals surface area (Å²) in [7, 11) is 1.66. The van der Waals surface area contributed by atoms with Crippen molar-refractivity contribution in [3.8, 4) is 5.75 Å². The third-order valence-corrected chi connectivity index (χ3v) is 3.59. The number of anilines is 1. The molecular formula is C15H14BrN3O. The summed E-state index contributed by atoms with van der Waals surface area (Å²) in [5.74, 6) is 1.58. The molecule has 0 unspecified atom stereocenters. The van der Waals surface area contributed by atoms with Crippen molar-refractivity contribution in [2.75, 3.05) is 12.4 Å². The number of halogens is 1. The third kappa shape index (κ3) is 2.77. The summed E-state index contributed by atoms with van der Waals surface area (Å²) in [6.45, 7) is 0.726. The smallest absolute Gasteiger partial charge is 0.201 e. The normalized spacial score (nSPS) is 10.7. The molecule has 4 nitrogen and oxygen atoms in total. The Morgan fingerprint density at radius 1 is 1.20 bits per heavy atom. The number of aromatic nitrogens is 2. The maximum Gasteiger partial charge on any atom is 0.201 e. The van der Waals surface area contributed by atoms with Crippen molar-refractivity contribution in [1.29, 1.82) is 0 Å². The van der Waals surface area contributed by atoms with E-state index in [1.807, 2.05) is 30.3 Å². The summed E-state index contributed by atoms with van der Waals surface area (Å²) in [5.41, 5.74) is 3.08. The van der Waals surface area contributed by atoms with Crippen LogP contribution in [0.2, 0.25) is 0 Å². The lowest BCUT2D eigenvalue weighted by atomic mass is 10.2. The van der Waals surface area contributed by atoms with E-state index in [2.05, 4.69) is 43.3 Å². The number of nitrogens with one attached hydrogen (secondary N) is 2. The molecule has 0 bridgehead atoms. The number of hydrogen-bond donors (Lipinski definition) is 2. The van der Waals surface area contributed by atoms with Crippen LogP contribution in [0.25, 0.3) is 11.0 Å². The Kier molecular flexibility index (Phi) is 3.60. The first-order chi connectivity index (χ1) is 9.74. The van der Waals surface area contributed by atoms with Crippen LogP contribution < -0.4 is 10.1 Å². The van der Waals surface area contributed by atoms with E-state index in [0.717, 1.165) is 33.7 Å². The molecule has 0 saturated heterocycles. The lowest BCUT2D eigenvalue weighted by Gasteiger charge is -2.02. The molecule has 3 aromatic rings. The van der Waals surface area contributed by atoms with Crippen molar-refractivity contribution in [3.05, 3.63) is 52.5 Å². The molecule has 0 aliphatic rings. The molecule has 2 aromatic carbocycles. The van der Waals surface area contributed by atoms with Crippen LogP contribution in [0.1, 0.15) is 5.56 Å². The molecule has 0 aliphatic carbocycles. The number of benzene rings is 2. The molecule has 0 aliphatic heterocycles. The van der Waals surface area contributed by atoms with E-state index in [1.165, 1.54) is 5.56 Å². The van der Waals surface area contributed by atoms with Gasteiger partial charge in [-0.1, -0.05) is 28.1 Å². The molecule has 1 heterocycles. The highest BCUT2D eigenvalue weighted by molar-refractivity contribution is 9.10. The van der Waals surface area contributed by atoms with Crippen molar-refractivity contribution >= 4 is 32.9 Å². The Labute approximate surface area is 125 Å². The van der Waals surface area contributed by atoms with Crippen LogP contribution in [0, 0.1) is 0 Å². The zero-order valence-electron chi connectivity index (χ0n) is 11.0. The van der Waals surface area contributed by atoms with Crippen LogP contribution in [-0.2, 0) is 6.54 Å². The number of imidazole rings is 1. The first-order valence-electron chi connectivity index (χ1n) is 6.27. The Morgan fingerprint density at radius 2 is 2.00 bits per heavy atom. The van der Waals surface area contributed by atoms with Crippen molar-refractivity contribution in [1.82, 2.24) is 9.97 Å². The topological polar surface area (TPSA) is 49.9 Å². The zero-order chi connectivity index (χ0) is 13.9. The minimum Gasteiger partial charge on any atom is -0.497 e. The number of methoxy groups -OCH3 is 1. The van der Waals surface area contributed by atoms with E-state index in [4.69, 9.17) is 4.74 Å². The first-order valence-corrected chi connectivity index (χ1v) is 7.06. The van der Waals surface area contributed by atoms with E-state index in [-0.39, 0.29) is 0 Å². The Bertz CT molecular complexity index is 722. The van der Waals surface area contributed by atoms with Gasteiger partial charge in [-0.25, -0.2) is 4.98 Å². The number of hydrogen-bond acceptors (Lipinski definition) is 3. The second kappa shape index (κ2) is 5.54. The van der Waals surface area contributed by atoms with Crippen LogP contribution in [0.3, 0.4) is 0 Å². The molecule has 0 radical (unpaired) electrons. The van der Waals surface area contributed by atoms with E-state index < -0.39 is 0 Å². The SMILES string of the molecule is COc1ccc2nc(NCc3ccc(Br)cc3)[nH]c2c1. The van der Waals surface area contributed by atoms with Crippen LogP contribution in [0.5, 0.6) is 5.75 Å². The summed E-state index contributed by atoms with van der Waals surface area (Å²) >= 11 is 3.43. The molecule has 5 heteroatoms. The first kappa shape index (κ1) is 13.0. The van der Waals surface area contributed by atoms with Crippen molar-refractivity contribution in [2.24, 2.45) is 0 Å². The second-order valence-electron chi connectivity index (χ2n) is 4.45. The van der Waals surface area contributed by atoms with Gasteiger partial charge in [0.1, 0.15) is 5.75 Å². The predicted molar refractivity (Wildman–Crippen MR) is 84.1 cm³/mol. The van der Waals surface area contributed by atoms with Crippen molar-refractivity contribution < 1.29 is 4.74 Å². The number of nitrogens with zero attached hydrogens (tertiary/aromatic N) is 1. The average Bonchev–Trinajstić information content (AvgIpc) is 2.88. The predicted octanol–water partition coefficient (Wildman–Crippen LogP) is 3.95. The van der Waals surface area contributed by atoms with Crippen molar-refractivity contribution in [2.45, 2.75) is 6.54 Å². The van der Waals surface area contributed by atoms with Gasteiger partial charge in [0.05, 0.1) is 18.1 Å². The molecule has 0 amide bonds. The average molecular weight is 332 g/mol. The molecule has 0 fully saturated rings. The van der Waals surface area contributed by atoms with Gasteiger partial charge in [-0.15, -0.1) is 0 Å². The molecule has 3 rings (SSSR count). The molecule has 0 atom stereocenters. The summed E-state index contributed by atoms with van der Waals surface area (Å²) in [4.78, 5) is 7.73. The second-order valence-corrected chi connectivity index (χ2v) is 5.36. The monoisotopic (exact) mass is 331 g/mol. The molecule has 1 aromatic heterocycles. The standard InChI is InChI=1S/C15H14BrN3O/c1-20-12-6-7-13-14(8-12)19-15(18-13)17-9-10-2-4-11(16)5-3-10/h2-8H,9H2,1H3,(H2,17,18,19). The highest BCUT2D eigenvalue weighted by atomic mass is 79.9. The molecule has 102 valence electrons. The van der Waals surface area contributed by atoms with Gasteiger partial charge in [-0.2, -0.15) is 0 Å². The fourth-order valence-corrected chi connectivity index (χ4v) is 2.25. The quantitative estimate of drug-likeness (QED) is 0.761. The van der Waals surface area contributed by atoms with Crippen LogP contribution >= 0.6 is 15.9 Å². The minimum atomic E-state index is 0.726. The fourth-order valence-electron chi connectivity index (χ4n) is 1.99. The third-order valence-electron chi connectivity index (χ3n) is 3.06. The van der Waals surface area contributed by atoms with Gasteiger partial charge in [0, 0.05) is 17.1 Å². The minimum absolute atomic E-state index is 0.726. The van der Waals surface area contributed by atoms with Gasteiger partial charge in [-0.05, 0) is 29.8 Å². The fraction of sp³-hybridized carbons (Fsp3) is 0.133. The van der Waals surface area contributed by atoms with Gasteiger partial charge >= 0.3 is 0 Å². The summed E-state index contributed by atoms with van der Waals surface area (Å²) in [6, 6.07) is 14.0. The highest BCUT2D eigenvalue weighted by Gasteiger charge is 2.03. The maximum absolute atomic E-state index is 5.20. The number of ether oxygens (including phenoxy) is 1. The summed E-state index contributed by atoms with van der Waals surface area (Å²) in [6.07, 6.45) is 0. The maximum atomic E-state index is 5.20. The Hall–Kier alpha value is -2.01. The van der Waals surface area contributed by atoms with Gasteiger partial charge in [0.2, 0.25) is 5.95 Å². The number of fused-ring (bicyclic) bond motifs is 1. The lowest BCUT2D eigenvalue weighted by Crippen LogP contribution is -2.00. The van der Waals surface area contributed by atoms with E-state index >= 15 is 0 Å². The highest BCUT2D eigenvalue weighted by Crippen LogP contribution is 2.20.